The summed E-state index contributed by atoms with van der Waals surface area (Å²) in [7, 11) is 0. The maximum absolute atomic E-state index is 13.1. The van der Waals surface area contributed by atoms with Crippen molar-refractivity contribution in [3.8, 4) is 11.3 Å². The minimum Gasteiger partial charge on any atom is -0.246 e. The minimum atomic E-state index is -0.252. The molecular formula is C21H16FN3S. The van der Waals surface area contributed by atoms with Crippen LogP contribution in [-0.4, -0.2) is 14.6 Å². The van der Waals surface area contributed by atoms with Gasteiger partial charge in [-0.05, 0) is 41.5 Å². The van der Waals surface area contributed by atoms with Crippen LogP contribution in [0.25, 0.3) is 22.9 Å². The smallest absolute Gasteiger partial charge is 0.123 e. The first kappa shape index (κ1) is 16.5. The quantitative estimate of drug-likeness (QED) is 0.442. The van der Waals surface area contributed by atoms with Crippen molar-refractivity contribution in [3.63, 3.8) is 0 Å². The van der Waals surface area contributed by atoms with Gasteiger partial charge in [-0.3, -0.25) is 0 Å². The summed E-state index contributed by atoms with van der Waals surface area (Å²) in [5, 5.41) is 5.50. The summed E-state index contributed by atoms with van der Waals surface area (Å²) in [6.07, 6.45) is 5.41. The van der Waals surface area contributed by atoms with Gasteiger partial charge in [-0.15, -0.1) is 0 Å². The van der Waals surface area contributed by atoms with E-state index in [0.29, 0.717) is 0 Å². The van der Waals surface area contributed by atoms with Gasteiger partial charge in [0, 0.05) is 23.7 Å². The number of thioether (sulfide) groups is 1. The first-order valence-corrected chi connectivity index (χ1v) is 9.16. The van der Waals surface area contributed by atoms with Crippen molar-refractivity contribution in [1.29, 1.82) is 0 Å². The number of nitrogens with zero attached hydrogens (tertiary/aromatic N) is 3. The Balaban J connectivity index is 1.60. The normalized spacial score (nSPS) is 11.0. The average Bonchev–Trinajstić information content (AvgIpc) is 3.12. The number of aromatic nitrogens is 3. The molecule has 2 aromatic heterocycles. The molecular weight excluding hydrogens is 345 g/mol. The van der Waals surface area contributed by atoms with Crippen LogP contribution in [0.5, 0.6) is 0 Å². The standard InChI is InChI=1S/C21H16FN3S/c1-2-15-3-5-16(6-4-15)14-26-21-20-13-19(24-25(20)12-11-23-21)17-7-9-18(22)10-8-17/h2-13H,1,14H2. The van der Waals surface area contributed by atoms with Gasteiger partial charge in [0.15, 0.2) is 0 Å². The molecule has 128 valence electrons. The molecule has 0 unspecified atom stereocenters. The largest absolute Gasteiger partial charge is 0.246 e. The van der Waals surface area contributed by atoms with Gasteiger partial charge in [-0.1, -0.05) is 48.7 Å². The predicted octanol–water partition coefficient (Wildman–Crippen LogP) is 5.47. The molecule has 0 atom stereocenters. The Morgan fingerprint density at radius 2 is 1.85 bits per heavy atom. The van der Waals surface area contributed by atoms with Gasteiger partial charge in [0.05, 0.1) is 11.2 Å². The summed E-state index contributed by atoms with van der Waals surface area (Å²) in [6.45, 7) is 3.77. The Bertz CT molecular complexity index is 1050. The summed E-state index contributed by atoms with van der Waals surface area (Å²) in [5.41, 5.74) is 4.96. The zero-order valence-electron chi connectivity index (χ0n) is 14.0. The van der Waals surface area contributed by atoms with Gasteiger partial charge < -0.3 is 0 Å². The molecule has 0 spiro atoms. The fraction of sp³-hybridized carbons (Fsp3) is 0.0476. The van der Waals surface area contributed by atoms with Crippen LogP contribution in [0.4, 0.5) is 4.39 Å². The maximum atomic E-state index is 13.1. The van der Waals surface area contributed by atoms with Gasteiger partial charge in [0.25, 0.3) is 0 Å². The Labute approximate surface area is 155 Å². The third-order valence-electron chi connectivity index (χ3n) is 4.09. The Morgan fingerprint density at radius 1 is 1.08 bits per heavy atom. The highest BCUT2D eigenvalue weighted by Crippen LogP contribution is 2.28. The third-order valence-corrected chi connectivity index (χ3v) is 5.15. The summed E-state index contributed by atoms with van der Waals surface area (Å²) >= 11 is 1.67. The van der Waals surface area contributed by atoms with E-state index < -0.39 is 0 Å². The van der Waals surface area contributed by atoms with Gasteiger partial charge in [-0.2, -0.15) is 5.10 Å². The van der Waals surface area contributed by atoms with Gasteiger partial charge in [0.2, 0.25) is 0 Å². The van der Waals surface area contributed by atoms with Crippen molar-refractivity contribution < 1.29 is 4.39 Å². The molecule has 0 aliphatic rings. The molecule has 4 rings (SSSR count). The second kappa shape index (κ2) is 7.14. The lowest BCUT2D eigenvalue weighted by Gasteiger charge is -2.03. The van der Waals surface area contributed by atoms with Gasteiger partial charge in [-0.25, -0.2) is 13.9 Å². The summed E-state index contributed by atoms with van der Waals surface area (Å²) in [5.74, 6) is 0.569. The number of hydrogen-bond donors (Lipinski definition) is 0. The lowest BCUT2D eigenvalue weighted by Crippen LogP contribution is -1.91. The fourth-order valence-corrected chi connectivity index (χ4v) is 3.60. The second-order valence-electron chi connectivity index (χ2n) is 5.83. The van der Waals surface area contributed by atoms with Crippen LogP contribution in [0, 0.1) is 5.82 Å². The van der Waals surface area contributed by atoms with E-state index in [2.05, 4.69) is 40.9 Å². The van der Waals surface area contributed by atoms with E-state index in [1.54, 1.807) is 30.1 Å². The molecule has 0 radical (unpaired) electrons. The molecule has 4 aromatic rings. The number of fused-ring (bicyclic) bond motifs is 1. The molecule has 0 bridgehead atoms. The molecule has 0 amide bonds. The molecule has 0 saturated carbocycles. The van der Waals surface area contributed by atoms with Crippen LogP contribution in [0.2, 0.25) is 0 Å². The molecule has 0 saturated heterocycles. The van der Waals surface area contributed by atoms with E-state index in [-0.39, 0.29) is 5.82 Å². The molecule has 2 aromatic carbocycles. The van der Waals surface area contributed by atoms with Crippen molar-refractivity contribution >= 4 is 23.4 Å². The Hall–Kier alpha value is -2.92. The zero-order chi connectivity index (χ0) is 17.9. The Kier molecular flexibility index (Phi) is 4.54. The van der Waals surface area contributed by atoms with E-state index in [1.165, 1.54) is 17.7 Å². The highest BCUT2D eigenvalue weighted by Gasteiger charge is 2.10. The average molecular weight is 361 g/mol. The number of rotatable bonds is 5. The highest BCUT2D eigenvalue weighted by atomic mass is 32.2. The van der Waals surface area contributed by atoms with Crippen LogP contribution >= 0.6 is 11.8 Å². The lowest BCUT2D eigenvalue weighted by atomic mass is 10.1. The predicted molar refractivity (Wildman–Crippen MR) is 104 cm³/mol. The summed E-state index contributed by atoms with van der Waals surface area (Å²) < 4.78 is 15.0. The Morgan fingerprint density at radius 3 is 2.58 bits per heavy atom. The van der Waals surface area contributed by atoms with E-state index in [4.69, 9.17) is 0 Å². The molecule has 0 aliphatic heterocycles. The van der Waals surface area contributed by atoms with Crippen LogP contribution in [0.1, 0.15) is 11.1 Å². The highest BCUT2D eigenvalue weighted by molar-refractivity contribution is 7.98. The second-order valence-corrected chi connectivity index (χ2v) is 6.80. The number of benzene rings is 2. The van der Waals surface area contributed by atoms with Crippen molar-refractivity contribution in [3.05, 3.63) is 90.5 Å². The van der Waals surface area contributed by atoms with E-state index in [0.717, 1.165) is 33.1 Å². The van der Waals surface area contributed by atoms with Gasteiger partial charge >= 0.3 is 0 Å². The SMILES string of the molecule is C=Cc1ccc(CSc2nccn3nc(-c4ccc(F)cc4)cc23)cc1. The van der Waals surface area contributed by atoms with E-state index >= 15 is 0 Å². The topological polar surface area (TPSA) is 30.2 Å². The third kappa shape index (κ3) is 3.39. The van der Waals surface area contributed by atoms with Crippen LogP contribution < -0.4 is 0 Å². The fourth-order valence-electron chi connectivity index (χ4n) is 2.67. The first-order valence-electron chi connectivity index (χ1n) is 8.17. The molecule has 26 heavy (non-hydrogen) atoms. The number of halogens is 1. The van der Waals surface area contributed by atoms with Crippen molar-refractivity contribution in [2.45, 2.75) is 10.8 Å². The molecule has 5 heteroatoms. The number of hydrogen-bond acceptors (Lipinski definition) is 3. The summed E-state index contributed by atoms with van der Waals surface area (Å²) in [4.78, 5) is 4.50. The minimum absolute atomic E-state index is 0.252. The van der Waals surface area contributed by atoms with Crippen molar-refractivity contribution in [2.75, 3.05) is 0 Å². The monoisotopic (exact) mass is 361 g/mol. The zero-order valence-corrected chi connectivity index (χ0v) is 14.8. The molecule has 3 nitrogen and oxygen atoms in total. The van der Waals surface area contributed by atoms with Crippen LogP contribution in [-0.2, 0) is 5.75 Å². The molecule has 2 heterocycles. The van der Waals surface area contributed by atoms with Crippen LogP contribution in [0.3, 0.4) is 0 Å². The first-order chi connectivity index (χ1) is 12.7. The van der Waals surface area contributed by atoms with Crippen molar-refractivity contribution in [1.82, 2.24) is 14.6 Å². The molecule has 0 fully saturated rings. The van der Waals surface area contributed by atoms with Crippen molar-refractivity contribution in [2.24, 2.45) is 0 Å². The van der Waals surface area contributed by atoms with E-state index in [1.807, 2.05) is 22.9 Å². The van der Waals surface area contributed by atoms with Gasteiger partial charge in [0.1, 0.15) is 10.8 Å². The van der Waals surface area contributed by atoms with Crippen LogP contribution in [0.15, 0.2) is 78.6 Å². The van der Waals surface area contributed by atoms with E-state index in [9.17, 15) is 4.39 Å². The molecule has 0 N–H and O–H groups in total. The lowest BCUT2D eigenvalue weighted by molar-refractivity contribution is 0.628. The maximum Gasteiger partial charge on any atom is 0.123 e. The summed E-state index contributed by atoms with van der Waals surface area (Å²) in [6, 6.07) is 16.7. The molecule has 0 aliphatic carbocycles.